The van der Waals surface area contributed by atoms with E-state index in [1.54, 1.807) is 43.7 Å². The number of ether oxygens (including phenoxy) is 2. The first-order chi connectivity index (χ1) is 12.2. The molecule has 0 aliphatic heterocycles. The number of aromatic amines is 1. The summed E-state index contributed by atoms with van der Waals surface area (Å²) in [5.41, 5.74) is 1.27. The average molecular weight is 358 g/mol. The molecular formula is C17H15FN4O2S. The number of halogens is 1. The van der Waals surface area contributed by atoms with Crippen LogP contribution in [0, 0.1) is 10.6 Å². The molecule has 0 bridgehead atoms. The number of aromatic nitrogens is 3. The van der Waals surface area contributed by atoms with E-state index >= 15 is 0 Å². The number of benzene rings is 2. The first kappa shape index (κ1) is 16.8. The monoisotopic (exact) mass is 358 g/mol. The highest BCUT2D eigenvalue weighted by molar-refractivity contribution is 7.71. The van der Waals surface area contributed by atoms with Crippen molar-refractivity contribution in [2.24, 2.45) is 5.10 Å². The zero-order valence-electron chi connectivity index (χ0n) is 13.3. The van der Waals surface area contributed by atoms with Crippen LogP contribution in [0.5, 0.6) is 11.5 Å². The molecule has 2 aromatic carbocycles. The molecule has 3 aromatic rings. The Bertz CT molecular complexity index is 952. The van der Waals surface area contributed by atoms with Gasteiger partial charge in [0.05, 0.1) is 13.3 Å². The smallest absolute Gasteiger partial charge is 0.216 e. The standard InChI is InChI=1S/C17H15FN4O2S/c1-23-16-8-12(9-20-22-11-19-21-17(22)25)6-7-15(16)24-10-13-4-2-3-5-14(13)18/h2-9,11H,10H2,1H3,(H,21,25)/b20-9-. The minimum atomic E-state index is -0.304. The lowest BCUT2D eigenvalue weighted by molar-refractivity contribution is 0.279. The molecule has 0 aliphatic carbocycles. The van der Waals surface area contributed by atoms with Gasteiger partial charge in [-0.05, 0) is 42.0 Å². The largest absolute Gasteiger partial charge is 0.493 e. The Hall–Kier alpha value is -3.00. The van der Waals surface area contributed by atoms with E-state index in [1.165, 1.54) is 17.1 Å². The SMILES string of the molecule is COc1cc(/C=N\n2cn[nH]c2=S)ccc1OCc1ccccc1F. The minimum Gasteiger partial charge on any atom is -0.493 e. The van der Waals surface area contributed by atoms with Crippen LogP contribution in [0.25, 0.3) is 0 Å². The van der Waals surface area contributed by atoms with Crippen LogP contribution in [-0.4, -0.2) is 28.2 Å². The van der Waals surface area contributed by atoms with E-state index in [4.69, 9.17) is 21.7 Å². The van der Waals surface area contributed by atoms with Crippen molar-refractivity contribution in [3.8, 4) is 11.5 Å². The number of H-pyrrole nitrogens is 1. The lowest BCUT2D eigenvalue weighted by Crippen LogP contribution is -2.00. The molecular weight excluding hydrogens is 343 g/mol. The normalized spacial score (nSPS) is 11.0. The molecule has 128 valence electrons. The van der Waals surface area contributed by atoms with Gasteiger partial charge in [-0.25, -0.2) is 4.39 Å². The number of nitrogens with one attached hydrogen (secondary N) is 1. The summed E-state index contributed by atoms with van der Waals surface area (Å²) in [4.78, 5) is 0. The summed E-state index contributed by atoms with van der Waals surface area (Å²) in [7, 11) is 1.54. The number of hydrogen-bond donors (Lipinski definition) is 1. The van der Waals surface area contributed by atoms with Gasteiger partial charge in [0.2, 0.25) is 4.77 Å². The third-order valence-corrected chi connectivity index (χ3v) is 3.67. The quantitative estimate of drug-likeness (QED) is 0.541. The van der Waals surface area contributed by atoms with E-state index in [1.807, 2.05) is 6.07 Å². The van der Waals surface area contributed by atoms with Gasteiger partial charge in [0.15, 0.2) is 11.5 Å². The second-order valence-electron chi connectivity index (χ2n) is 5.04. The Balaban J connectivity index is 1.75. The van der Waals surface area contributed by atoms with Gasteiger partial charge in [-0.15, -0.1) is 0 Å². The maximum absolute atomic E-state index is 13.7. The van der Waals surface area contributed by atoms with Crippen LogP contribution in [0.2, 0.25) is 0 Å². The van der Waals surface area contributed by atoms with Crippen LogP contribution < -0.4 is 9.47 Å². The van der Waals surface area contributed by atoms with Crippen molar-refractivity contribution in [3.63, 3.8) is 0 Å². The minimum absolute atomic E-state index is 0.112. The summed E-state index contributed by atoms with van der Waals surface area (Å²) >= 11 is 5.02. The van der Waals surface area contributed by atoms with Crippen LogP contribution in [0.4, 0.5) is 4.39 Å². The van der Waals surface area contributed by atoms with Crippen molar-refractivity contribution in [1.29, 1.82) is 0 Å². The second-order valence-corrected chi connectivity index (χ2v) is 5.43. The molecule has 8 heteroatoms. The molecule has 0 radical (unpaired) electrons. The van der Waals surface area contributed by atoms with Crippen molar-refractivity contribution in [1.82, 2.24) is 14.9 Å². The van der Waals surface area contributed by atoms with Gasteiger partial charge < -0.3 is 9.47 Å². The summed E-state index contributed by atoms with van der Waals surface area (Å²) in [6.45, 7) is 0.112. The van der Waals surface area contributed by atoms with E-state index in [9.17, 15) is 4.39 Å². The van der Waals surface area contributed by atoms with Gasteiger partial charge in [0.25, 0.3) is 0 Å². The zero-order valence-corrected chi connectivity index (χ0v) is 14.2. The van der Waals surface area contributed by atoms with Crippen LogP contribution in [0.1, 0.15) is 11.1 Å². The van der Waals surface area contributed by atoms with Crippen molar-refractivity contribution < 1.29 is 13.9 Å². The molecule has 6 nitrogen and oxygen atoms in total. The van der Waals surface area contributed by atoms with Gasteiger partial charge in [0, 0.05) is 5.56 Å². The fourth-order valence-corrected chi connectivity index (χ4v) is 2.26. The lowest BCUT2D eigenvalue weighted by atomic mass is 10.2. The van der Waals surface area contributed by atoms with Crippen LogP contribution in [-0.2, 0) is 6.61 Å². The molecule has 0 aliphatic rings. The fraction of sp³-hybridized carbons (Fsp3) is 0.118. The molecule has 1 N–H and O–H groups in total. The van der Waals surface area contributed by atoms with Crippen LogP contribution >= 0.6 is 12.2 Å². The van der Waals surface area contributed by atoms with E-state index in [0.29, 0.717) is 21.8 Å². The van der Waals surface area contributed by atoms with Gasteiger partial charge in [-0.2, -0.15) is 14.9 Å². The molecule has 0 atom stereocenters. The Morgan fingerprint density at radius 3 is 2.84 bits per heavy atom. The van der Waals surface area contributed by atoms with E-state index in [0.717, 1.165) is 5.56 Å². The zero-order chi connectivity index (χ0) is 17.6. The fourth-order valence-electron chi connectivity index (χ4n) is 2.11. The molecule has 0 saturated heterocycles. The van der Waals surface area contributed by atoms with E-state index < -0.39 is 0 Å². The van der Waals surface area contributed by atoms with Crippen molar-refractivity contribution in [3.05, 3.63) is 70.5 Å². The van der Waals surface area contributed by atoms with Crippen molar-refractivity contribution >= 4 is 18.4 Å². The van der Waals surface area contributed by atoms with Gasteiger partial charge in [-0.3, -0.25) is 5.10 Å². The molecule has 0 saturated carbocycles. The Morgan fingerprint density at radius 2 is 2.12 bits per heavy atom. The third-order valence-electron chi connectivity index (χ3n) is 3.40. The number of nitrogens with zero attached hydrogens (tertiary/aromatic N) is 3. The van der Waals surface area contributed by atoms with Crippen LogP contribution in [0.3, 0.4) is 0 Å². The Morgan fingerprint density at radius 1 is 1.28 bits per heavy atom. The van der Waals surface area contributed by atoms with Gasteiger partial charge in [0.1, 0.15) is 18.8 Å². The van der Waals surface area contributed by atoms with Gasteiger partial charge in [-0.1, -0.05) is 18.2 Å². The van der Waals surface area contributed by atoms with E-state index in [-0.39, 0.29) is 12.4 Å². The second kappa shape index (κ2) is 7.71. The molecule has 3 rings (SSSR count). The van der Waals surface area contributed by atoms with Crippen molar-refractivity contribution in [2.75, 3.05) is 7.11 Å². The molecule has 0 unspecified atom stereocenters. The maximum atomic E-state index is 13.7. The average Bonchev–Trinajstić information content (AvgIpc) is 3.04. The summed E-state index contributed by atoms with van der Waals surface area (Å²) in [5.74, 6) is 0.737. The highest BCUT2D eigenvalue weighted by atomic mass is 32.1. The lowest BCUT2D eigenvalue weighted by Gasteiger charge is -2.11. The molecule has 25 heavy (non-hydrogen) atoms. The third kappa shape index (κ3) is 4.10. The molecule has 1 aromatic heterocycles. The molecule has 0 spiro atoms. The number of methoxy groups -OCH3 is 1. The maximum Gasteiger partial charge on any atom is 0.216 e. The summed E-state index contributed by atoms with van der Waals surface area (Å²) < 4.78 is 26.5. The Kier molecular flexibility index (Phi) is 5.20. The topological polar surface area (TPSA) is 64.4 Å². The van der Waals surface area contributed by atoms with Crippen molar-refractivity contribution in [2.45, 2.75) is 6.61 Å². The number of rotatable bonds is 6. The predicted octanol–water partition coefficient (Wildman–Crippen LogP) is 3.55. The summed E-state index contributed by atoms with van der Waals surface area (Å²) in [6.07, 6.45) is 3.09. The van der Waals surface area contributed by atoms with Crippen LogP contribution in [0.15, 0.2) is 53.9 Å². The first-order valence-electron chi connectivity index (χ1n) is 7.38. The highest BCUT2D eigenvalue weighted by Crippen LogP contribution is 2.28. The summed E-state index contributed by atoms with van der Waals surface area (Å²) in [6, 6.07) is 11.8. The molecule has 0 amide bonds. The summed E-state index contributed by atoms with van der Waals surface area (Å²) in [5, 5.41) is 10.6. The molecule has 1 heterocycles. The van der Waals surface area contributed by atoms with E-state index in [2.05, 4.69) is 15.3 Å². The highest BCUT2D eigenvalue weighted by Gasteiger charge is 2.07. The predicted molar refractivity (Wildman–Crippen MR) is 94.1 cm³/mol. The van der Waals surface area contributed by atoms with Gasteiger partial charge >= 0.3 is 0 Å². The first-order valence-corrected chi connectivity index (χ1v) is 7.79. The molecule has 0 fully saturated rings. The Labute approximate surface area is 148 Å². The number of hydrogen-bond acceptors (Lipinski definition) is 5.